The molecule has 0 aliphatic carbocycles. The lowest BCUT2D eigenvalue weighted by Crippen LogP contribution is -2.70. The minimum Gasteiger partial charge on any atom is -0.508 e. The van der Waals surface area contributed by atoms with Crippen molar-refractivity contribution in [2.45, 2.75) is 16.8 Å². The van der Waals surface area contributed by atoms with E-state index in [1.807, 2.05) is 25.1 Å². The standard InChI is InChI=1S/C17H15N5O2S2/c1-10-2-7-13-14(8-10)26-17(19-13)15(24)22(16(25)20-21-17)18-9-11-3-5-12(23)6-4-11/h2-9,19,21,23H,1H3,(H,20,25)/b18-9+. The van der Waals surface area contributed by atoms with Gasteiger partial charge in [0.1, 0.15) is 5.75 Å². The first-order valence-electron chi connectivity index (χ1n) is 7.79. The molecular formula is C17H15N5O2S2. The predicted molar refractivity (Wildman–Crippen MR) is 105 cm³/mol. The first-order chi connectivity index (χ1) is 12.5. The van der Waals surface area contributed by atoms with Crippen LogP contribution >= 0.6 is 24.0 Å². The second kappa shape index (κ2) is 6.27. The van der Waals surface area contributed by atoms with E-state index in [0.717, 1.165) is 26.7 Å². The summed E-state index contributed by atoms with van der Waals surface area (Å²) in [5.74, 6) is -0.161. The van der Waals surface area contributed by atoms with Gasteiger partial charge in [-0.2, -0.15) is 15.5 Å². The summed E-state index contributed by atoms with van der Waals surface area (Å²) < 4.78 is 0. The Balaban J connectivity index is 1.60. The van der Waals surface area contributed by atoms with Gasteiger partial charge in [0.2, 0.25) is 10.1 Å². The van der Waals surface area contributed by atoms with Crippen LogP contribution < -0.4 is 16.2 Å². The minimum atomic E-state index is -1.12. The van der Waals surface area contributed by atoms with Crippen molar-refractivity contribution < 1.29 is 9.90 Å². The highest BCUT2D eigenvalue weighted by atomic mass is 32.2. The Morgan fingerprint density at radius 2 is 2.04 bits per heavy atom. The molecule has 4 N–H and O–H groups in total. The molecule has 1 atom stereocenters. The van der Waals surface area contributed by atoms with Crippen molar-refractivity contribution in [2.24, 2.45) is 5.10 Å². The molecule has 0 radical (unpaired) electrons. The number of thioether (sulfide) groups is 1. The van der Waals surface area contributed by atoms with Crippen molar-refractivity contribution in [3.05, 3.63) is 53.6 Å². The zero-order valence-corrected chi connectivity index (χ0v) is 15.3. The molecule has 4 rings (SSSR count). The van der Waals surface area contributed by atoms with Crippen LogP contribution in [-0.2, 0) is 4.79 Å². The normalized spacial score (nSPS) is 21.8. The van der Waals surface area contributed by atoms with E-state index >= 15 is 0 Å². The van der Waals surface area contributed by atoms with E-state index in [2.05, 4.69) is 21.3 Å². The topological polar surface area (TPSA) is 89.0 Å². The Hall–Kier alpha value is -2.62. The predicted octanol–water partition coefficient (Wildman–Crippen LogP) is 2.13. The average Bonchev–Trinajstić information content (AvgIpc) is 2.99. The smallest absolute Gasteiger partial charge is 0.303 e. The third kappa shape index (κ3) is 2.90. The van der Waals surface area contributed by atoms with Gasteiger partial charge in [-0.15, -0.1) is 0 Å². The van der Waals surface area contributed by atoms with Crippen LogP contribution in [0.1, 0.15) is 11.1 Å². The molecule has 2 heterocycles. The van der Waals surface area contributed by atoms with Crippen molar-refractivity contribution in [1.82, 2.24) is 15.9 Å². The molecule has 2 aliphatic rings. The number of aromatic hydroxyl groups is 1. The number of hydrogen-bond donors (Lipinski definition) is 4. The Bertz CT molecular complexity index is 931. The maximum absolute atomic E-state index is 13.1. The van der Waals surface area contributed by atoms with E-state index in [1.165, 1.54) is 18.0 Å². The van der Waals surface area contributed by atoms with Crippen LogP contribution in [0.2, 0.25) is 0 Å². The number of carbonyl (C=O) groups excluding carboxylic acids is 1. The summed E-state index contributed by atoms with van der Waals surface area (Å²) in [6.45, 7) is 2.00. The molecule has 7 nitrogen and oxygen atoms in total. The third-order valence-electron chi connectivity index (χ3n) is 3.96. The maximum atomic E-state index is 13.1. The van der Waals surface area contributed by atoms with Crippen molar-refractivity contribution in [3.8, 4) is 5.75 Å². The molecule has 9 heteroatoms. The van der Waals surface area contributed by atoms with Crippen LogP contribution in [0.5, 0.6) is 5.75 Å². The molecule has 1 amide bonds. The van der Waals surface area contributed by atoms with E-state index < -0.39 is 4.99 Å². The number of thiocarbonyl (C=S) groups is 1. The fourth-order valence-corrected chi connectivity index (χ4v) is 4.05. The molecule has 1 spiro atoms. The van der Waals surface area contributed by atoms with Gasteiger partial charge in [-0.25, -0.2) is 0 Å². The molecule has 1 saturated heterocycles. The summed E-state index contributed by atoms with van der Waals surface area (Å²) in [5.41, 5.74) is 8.52. The number of benzene rings is 2. The summed E-state index contributed by atoms with van der Waals surface area (Å²) in [6.07, 6.45) is 1.52. The van der Waals surface area contributed by atoms with E-state index in [4.69, 9.17) is 12.2 Å². The first kappa shape index (κ1) is 16.8. The number of fused-ring (bicyclic) bond motifs is 1. The highest BCUT2D eigenvalue weighted by Gasteiger charge is 2.51. The van der Waals surface area contributed by atoms with E-state index in [1.54, 1.807) is 24.3 Å². The molecule has 132 valence electrons. The van der Waals surface area contributed by atoms with Gasteiger partial charge in [-0.1, -0.05) is 17.8 Å². The van der Waals surface area contributed by atoms with Crippen molar-refractivity contribution in [1.29, 1.82) is 0 Å². The lowest BCUT2D eigenvalue weighted by Gasteiger charge is -2.37. The number of carbonyl (C=O) groups is 1. The average molecular weight is 385 g/mol. The number of aryl methyl sites for hydroxylation is 1. The molecule has 2 aliphatic heterocycles. The largest absolute Gasteiger partial charge is 0.508 e. The number of hydrazone groups is 1. The molecule has 2 aromatic carbocycles. The maximum Gasteiger partial charge on any atom is 0.303 e. The summed E-state index contributed by atoms with van der Waals surface area (Å²) in [4.78, 5) is 12.9. The highest BCUT2D eigenvalue weighted by molar-refractivity contribution is 8.02. The molecule has 2 aromatic rings. The van der Waals surface area contributed by atoms with Gasteiger partial charge >= 0.3 is 5.91 Å². The number of rotatable bonds is 2. The number of nitrogens with zero attached hydrogens (tertiary/aromatic N) is 2. The number of hydrazine groups is 1. The van der Waals surface area contributed by atoms with Gasteiger partial charge in [0.25, 0.3) is 0 Å². The number of hydrogen-bond acceptors (Lipinski definition) is 7. The van der Waals surface area contributed by atoms with Gasteiger partial charge < -0.3 is 10.4 Å². The monoisotopic (exact) mass is 385 g/mol. The zero-order valence-electron chi connectivity index (χ0n) is 13.7. The number of phenols is 1. The molecule has 1 unspecified atom stereocenters. The van der Waals surface area contributed by atoms with Crippen LogP contribution in [0.3, 0.4) is 0 Å². The quantitative estimate of drug-likeness (QED) is 0.465. The molecular weight excluding hydrogens is 370 g/mol. The van der Waals surface area contributed by atoms with Gasteiger partial charge in [0.05, 0.1) is 11.9 Å². The highest BCUT2D eigenvalue weighted by Crippen LogP contribution is 2.45. The van der Waals surface area contributed by atoms with Crippen molar-refractivity contribution >= 4 is 46.9 Å². The fourth-order valence-electron chi connectivity index (χ4n) is 2.63. The Morgan fingerprint density at radius 1 is 1.27 bits per heavy atom. The van der Waals surface area contributed by atoms with Gasteiger partial charge in [-0.3, -0.25) is 10.2 Å². The molecule has 0 saturated carbocycles. The number of phenolic OH excluding ortho intramolecular Hbond substituents is 1. The molecule has 26 heavy (non-hydrogen) atoms. The van der Waals surface area contributed by atoms with E-state index in [0.29, 0.717) is 0 Å². The van der Waals surface area contributed by atoms with Crippen LogP contribution in [0.4, 0.5) is 5.69 Å². The number of nitrogens with one attached hydrogen (secondary N) is 3. The molecule has 0 aromatic heterocycles. The van der Waals surface area contributed by atoms with Crippen LogP contribution in [0, 0.1) is 6.92 Å². The first-order valence-corrected chi connectivity index (χ1v) is 9.02. The lowest BCUT2D eigenvalue weighted by molar-refractivity contribution is -0.131. The number of amides is 1. The van der Waals surface area contributed by atoms with E-state index in [9.17, 15) is 9.90 Å². The summed E-state index contributed by atoms with van der Waals surface area (Å²) in [7, 11) is 0. The Labute approximate surface area is 159 Å². The van der Waals surface area contributed by atoms with Crippen LogP contribution in [0.15, 0.2) is 52.5 Å². The summed E-state index contributed by atoms with van der Waals surface area (Å²) >= 11 is 6.58. The van der Waals surface area contributed by atoms with Gasteiger partial charge in [0, 0.05) is 4.90 Å². The van der Waals surface area contributed by atoms with Gasteiger partial charge in [0.15, 0.2) is 0 Å². The summed E-state index contributed by atoms with van der Waals surface area (Å²) in [5, 5.41) is 18.1. The zero-order chi connectivity index (χ0) is 18.3. The molecule has 0 bridgehead atoms. The Morgan fingerprint density at radius 3 is 2.81 bits per heavy atom. The van der Waals surface area contributed by atoms with Crippen LogP contribution in [-0.4, -0.2) is 32.3 Å². The second-order valence-corrected chi connectivity index (χ2v) is 7.56. The fraction of sp³-hybridized carbons (Fsp3) is 0.118. The van der Waals surface area contributed by atoms with Crippen LogP contribution in [0.25, 0.3) is 0 Å². The van der Waals surface area contributed by atoms with Crippen molar-refractivity contribution in [3.63, 3.8) is 0 Å². The van der Waals surface area contributed by atoms with Crippen molar-refractivity contribution in [2.75, 3.05) is 5.32 Å². The van der Waals surface area contributed by atoms with Gasteiger partial charge in [-0.05, 0) is 66.7 Å². The number of anilines is 1. The van der Waals surface area contributed by atoms with E-state index in [-0.39, 0.29) is 16.8 Å². The SMILES string of the molecule is Cc1ccc2c(c1)SC1(NNC(=S)N(/N=C/c3ccc(O)cc3)C1=O)N2. The molecule has 1 fully saturated rings. The summed E-state index contributed by atoms with van der Waals surface area (Å²) in [6, 6.07) is 12.4. The Kier molecular flexibility index (Phi) is 4.06. The second-order valence-electron chi connectivity index (χ2n) is 5.92. The lowest BCUT2D eigenvalue weighted by atomic mass is 10.2. The minimum absolute atomic E-state index is 0.158. The third-order valence-corrected chi connectivity index (χ3v) is 5.48.